The smallest absolute Gasteiger partial charge is 0.251 e. The molecular formula is C14H16N2O. The van der Waals surface area contributed by atoms with Gasteiger partial charge in [-0.15, -0.1) is 0 Å². The number of benzene rings is 1. The first-order valence-electron chi connectivity index (χ1n) is 6.02. The second-order valence-electron chi connectivity index (χ2n) is 5.24. The Bertz CT molecular complexity index is 566. The Kier molecular flexibility index (Phi) is 2.21. The minimum absolute atomic E-state index is 0.0309. The van der Waals surface area contributed by atoms with Gasteiger partial charge in [-0.3, -0.25) is 4.79 Å². The largest absolute Gasteiger partial charge is 0.361 e. The number of hydrogen-bond donors (Lipinski definition) is 2. The van der Waals surface area contributed by atoms with Crippen molar-refractivity contribution in [2.45, 2.75) is 19.8 Å². The number of aromatic nitrogens is 1. The first-order chi connectivity index (χ1) is 8.18. The van der Waals surface area contributed by atoms with Gasteiger partial charge in [-0.2, -0.15) is 0 Å². The molecule has 0 atom stereocenters. The number of fused-ring (bicyclic) bond motifs is 1. The van der Waals surface area contributed by atoms with E-state index in [1.165, 1.54) is 12.8 Å². The number of nitrogens with one attached hydrogen (secondary N) is 2. The van der Waals surface area contributed by atoms with Crippen molar-refractivity contribution in [1.82, 2.24) is 10.3 Å². The maximum Gasteiger partial charge on any atom is 0.251 e. The third kappa shape index (κ3) is 1.93. The van der Waals surface area contributed by atoms with Gasteiger partial charge in [0.05, 0.1) is 0 Å². The molecule has 3 nitrogen and oxygen atoms in total. The minimum atomic E-state index is 0.0309. The third-order valence-electron chi connectivity index (χ3n) is 3.62. The average Bonchev–Trinajstić information content (AvgIpc) is 2.89. The fourth-order valence-corrected chi connectivity index (χ4v) is 2.06. The van der Waals surface area contributed by atoms with Crippen LogP contribution in [0.1, 0.15) is 30.1 Å². The number of carbonyl (C=O) groups excluding carboxylic acids is 1. The van der Waals surface area contributed by atoms with Crippen molar-refractivity contribution >= 4 is 16.8 Å². The van der Waals surface area contributed by atoms with Gasteiger partial charge in [0.15, 0.2) is 0 Å². The predicted octanol–water partition coefficient (Wildman–Crippen LogP) is 2.70. The van der Waals surface area contributed by atoms with Crippen LogP contribution in [0.2, 0.25) is 0 Å². The Morgan fingerprint density at radius 3 is 3.00 bits per heavy atom. The molecule has 1 aliphatic carbocycles. The molecule has 1 saturated carbocycles. The fraction of sp³-hybridized carbons (Fsp3) is 0.357. The number of aromatic amines is 1. The van der Waals surface area contributed by atoms with Gasteiger partial charge in [0, 0.05) is 29.2 Å². The summed E-state index contributed by atoms with van der Waals surface area (Å²) in [5.74, 6) is 0.0309. The summed E-state index contributed by atoms with van der Waals surface area (Å²) in [4.78, 5) is 15.2. The standard InChI is InChI=1S/C14H16N2O/c1-14(6-7-14)9-16-13(17)11-3-2-4-12-10(11)5-8-15-12/h2-5,8,15H,6-7,9H2,1H3,(H,16,17). The molecule has 0 saturated heterocycles. The second kappa shape index (κ2) is 3.62. The number of H-pyrrole nitrogens is 1. The van der Waals surface area contributed by atoms with Crippen LogP contribution in [-0.4, -0.2) is 17.4 Å². The lowest BCUT2D eigenvalue weighted by Crippen LogP contribution is -2.29. The van der Waals surface area contributed by atoms with Crippen molar-refractivity contribution in [3.63, 3.8) is 0 Å². The molecule has 1 heterocycles. The molecule has 1 fully saturated rings. The van der Waals surface area contributed by atoms with Crippen molar-refractivity contribution in [2.75, 3.05) is 6.54 Å². The molecule has 2 aromatic rings. The van der Waals surface area contributed by atoms with E-state index in [1.54, 1.807) is 0 Å². The molecule has 3 heteroatoms. The third-order valence-corrected chi connectivity index (χ3v) is 3.62. The monoisotopic (exact) mass is 228 g/mol. The Balaban J connectivity index is 1.82. The van der Waals surface area contributed by atoms with E-state index in [9.17, 15) is 4.79 Å². The summed E-state index contributed by atoms with van der Waals surface area (Å²) in [6.45, 7) is 3.00. The molecule has 0 bridgehead atoms. The topological polar surface area (TPSA) is 44.9 Å². The lowest BCUT2D eigenvalue weighted by molar-refractivity contribution is 0.0948. The van der Waals surface area contributed by atoms with E-state index in [0.29, 0.717) is 5.41 Å². The Morgan fingerprint density at radius 2 is 2.24 bits per heavy atom. The Hall–Kier alpha value is -1.77. The maximum atomic E-state index is 12.1. The van der Waals surface area contributed by atoms with E-state index < -0.39 is 0 Å². The molecule has 3 rings (SSSR count). The van der Waals surface area contributed by atoms with Crippen molar-refractivity contribution in [3.8, 4) is 0 Å². The lowest BCUT2D eigenvalue weighted by atomic mass is 10.1. The van der Waals surface area contributed by atoms with Gasteiger partial charge >= 0.3 is 0 Å². The summed E-state index contributed by atoms with van der Waals surface area (Å²) in [5, 5.41) is 4.02. The van der Waals surface area contributed by atoms with Crippen LogP contribution in [0.15, 0.2) is 30.5 Å². The fourth-order valence-electron chi connectivity index (χ4n) is 2.06. The molecule has 88 valence electrons. The van der Waals surface area contributed by atoms with Crippen LogP contribution < -0.4 is 5.32 Å². The second-order valence-corrected chi connectivity index (χ2v) is 5.24. The van der Waals surface area contributed by atoms with E-state index in [2.05, 4.69) is 17.2 Å². The van der Waals surface area contributed by atoms with Crippen LogP contribution in [-0.2, 0) is 0 Å². The first kappa shape index (κ1) is 10.4. The van der Waals surface area contributed by atoms with Gasteiger partial charge < -0.3 is 10.3 Å². The molecule has 1 aromatic carbocycles. The summed E-state index contributed by atoms with van der Waals surface area (Å²) in [7, 11) is 0. The van der Waals surface area contributed by atoms with Crippen LogP contribution in [0.3, 0.4) is 0 Å². The summed E-state index contributed by atoms with van der Waals surface area (Å²) in [5.41, 5.74) is 2.12. The van der Waals surface area contributed by atoms with Crippen molar-refractivity contribution in [1.29, 1.82) is 0 Å². The highest BCUT2D eigenvalue weighted by Gasteiger charge is 2.37. The van der Waals surface area contributed by atoms with Crippen LogP contribution >= 0.6 is 0 Å². The van der Waals surface area contributed by atoms with Gasteiger partial charge in [-0.25, -0.2) is 0 Å². The Morgan fingerprint density at radius 1 is 1.41 bits per heavy atom. The first-order valence-corrected chi connectivity index (χ1v) is 6.02. The molecule has 1 aliphatic rings. The molecular weight excluding hydrogens is 212 g/mol. The molecule has 0 aliphatic heterocycles. The average molecular weight is 228 g/mol. The summed E-state index contributed by atoms with van der Waals surface area (Å²) >= 11 is 0. The van der Waals surface area contributed by atoms with Gasteiger partial charge in [-0.1, -0.05) is 13.0 Å². The van der Waals surface area contributed by atoms with Gasteiger partial charge in [0.1, 0.15) is 0 Å². The molecule has 2 N–H and O–H groups in total. The zero-order valence-electron chi connectivity index (χ0n) is 9.92. The van der Waals surface area contributed by atoms with Gasteiger partial charge in [0.25, 0.3) is 5.91 Å². The summed E-state index contributed by atoms with van der Waals surface area (Å²) < 4.78 is 0. The molecule has 1 aromatic heterocycles. The van der Waals surface area contributed by atoms with Crippen LogP contribution in [0, 0.1) is 5.41 Å². The molecule has 0 spiro atoms. The Labute approximate surface area is 100 Å². The highest BCUT2D eigenvalue weighted by atomic mass is 16.1. The van der Waals surface area contributed by atoms with E-state index >= 15 is 0 Å². The molecule has 1 amide bonds. The lowest BCUT2D eigenvalue weighted by Gasteiger charge is -2.10. The molecule has 0 unspecified atom stereocenters. The number of amides is 1. The van der Waals surface area contributed by atoms with Crippen molar-refractivity contribution in [2.24, 2.45) is 5.41 Å². The zero-order valence-corrected chi connectivity index (χ0v) is 9.92. The highest BCUT2D eigenvalue weighted by Crippen LogP contribution is 2.44. The van der Waals surface area contributed by atoms with Crippen molar-refractivity contribution in [3.05, 3.63) is 36.0 Å². The minimum Gasteiger partial charge on any atom is -0.361 e. The number of hydrogen-bond acceptors (Lipinski definition) is 1. The SMILES string of the molecule is CC1(CNC(=O)c2cccc3[nH]ccc23)CC1. The molecule has 17 heavy (non-hydrogen) atoms. The zero-order chi connectivity index (χ0) is 11.9. The van der Waals surface area contributed by atoms with Crippen LogP contribution in [0.5, 0.6) is 0 Å². The van der Waals surface area contributed by atoms with E-state index in [1.807, 2.05) is 30.5 Å². The van der Waals surface area contributed by atoms with Gasteiger partial charge in [-0.05, 0) is 36.5 Å². The van der Waals surface area contributed by atoms with Crippen LogP contribution in [0.4, 0.5) is 0 Å². The van der Waals surface area contributed by atoms with E-state index in [4.69, 9.17) is 0 Å². The number of rotatable bonds is 3. The summed E-state index contributed by atoms with van der Waals surface area (Å²) in [6.07, 6.45) is 4.31. The highest BCUT2D eigenvalue weighted by molar-refractivity contribution is 6.06. The van der Waals surface area contributed by atoms with Crippen molar-refractivity contribution < 1.29 is 4.79 Å². The normalized spacial score (nSPS) is 17.0. The summed E-state index contributed by atoms with van der Waals surface area (Å²) in [6, 6.07) is 7.71. The van der Waals surface area contributed by atoms with E-state index in [-0.39, 0.29) is 5.91 Å². The quantitative estimate of drug-likeness (QED) is 0.833. The van der Waals surface area contributed by atoms with Crippen LogP contribution in [0.25, 0.3) is 10.9 Å². The van der Waals surface area contributed by atoms with E-state index in [0.717, 1.165) is 23.0 Å². The predicted molar refractivity (Wildman–Crippen MR) is 68.0 cm³/mol. The van der Waals surface area contributed by atoms with Gasteiger partial charge in [0.2, 0.25) is 0 Å². The molecule has 0 radical (unpaired) electrons. The maximum absolute atomic E-state index is 12.1. The number of carbonyl (C=O) groups is 1.